The molecule has 0 bridgehead atoms. The summed E-state index contributed by atoms with van der Waals surface area (Å²) in [6.45, 7) is 0. The summed E-state index contributed by atoms with van der Waals surface area (Å²) < 4.78 is 5.03. The number of nitrogens with one attached hydrogen (secondary N) is 1. The number of nitrogens with zero attached hydrogens (tertiary/aromatic N) is 1. The van der Waals surface area contributed by atoms with E-state index in [2.05, 4.69) is 5.32 Å². The first kappa shape index (κ1) is 15.2. The van der Waals surface area contributed by atoms with Gasteiger partial charge in [0.2, 0.25) is 5.91 Å². The number of non-ortho nitro benzene ring substituents is 1. The van der Waals surface area contributed by atoms with Gasteiger partial charge in [0.1, 0.15) is 5.75 Å². The number of anilines is 1. The van der Waals surface area contributed by atoms with Crippen molar-refractivity contribution >= 4 is 23.4 Å². The number of hydrogen-bond donors (Lipinski definition) is 1. The zero-order chi connectivity index (χ0) is 15.9. The topological polar surface area (TPSA) is 81.5 Å². The summed E-state index contributed by atoms with van der Waals surface area (Å²) in [4.78, 5) is 22.0. The number of benzene rings is 2. The highest BCUT2D eigenvalue weighted by Crippen LogP contribution is 2.16. The number of methoxy groups -OCH3 is 1. The number of nitro groups is 1. The standard InChI is InChI=1S/C16H14N2O4/c1-22-15-8-6-13(7-9-15)17-16(19)10-5-12-3-2-4-14(11-12)18(20)21/h2-11H,1H3,(H,17,19)/b10-5+. The van der Waals surface area contributed by atoms with E-state index in [-0.39, 0.29) is 11.6 Å². The van der Waals surface area contributed by atoms with E-state index in [1.165, 1.54) is 24.3 Å². The lowest BCUT2D eigenvalue weighted by atomic mass is 10.2. The second-order valence-electron chi connectivity index (χ2n) is 4.40. The van der Waals surface area contributed by atoms with Crippen molar-refractivity contribution in [2.75, 3.05) is 12.4 Å². The first-order chi connectivity index (χ1) is 10.6. The molecule has 0 spiro atoms. The van der Waals surface area contributed by atoms with Crippen LogP contribution in [0.1, 0.15) is 5.56 Å². The molecule has 0 unspecified atom stereocenters. The summed E-state index contributed by atoms with van der Waals surface area (Å²) >= 11 is 0. The molecule has 0 fully saturated rings. The highest BCUT2D eigenvalue weighted by atomic mass is 16.6. The van der Waals surface area contributed by atoms with Crippen LogP contribution < -0.4 is 10.1 Å². The fourth-order valence-electron chi connectivity index (χ4n) is 1.77. The predicted octanol–water partition coefficient (Wildman–Crippen LogP) is 3.26. The normalized spacial score (nSPS) is 10.4. The summed E-state index contributed by atoms with van der Waals surface area (Å²) in [7, 11) is 1.56. The minimum absolute atomic E-state index is 0.0160. The smallest absolute Gasteiger partial charge is 0.270 e. The van der Waals surface area contributed by atoms with Gasteiger partial charge in [0, 0.05) is 23.9 Å². The van der Waals surface area contributed by atoms with Crippen LogP contribution >= 0.6 is 0 Å². The number of nitro benzene ring substituents is 1. The van der Waals surface area contributed by atoms with E-state index < -0.39 is 4.92 Å². The maximum Gasteiger partial charge on any atom is 0.270 e. The predicted molar refractivity (Wildman–Crippen MR) is 83.8 cm³/mol. The van der Waals surface area contributed by atoms with Crippen molar-refractivity contribution in [3.8, 4) is 5.75 Å². The maximum atomic E-state index is 11.8. The molecule has 22 heavy (non-hydrogen) atoms. The lowest BCUT2D eigenvalue weighted by Gasteiger charge is -2.03. The minimum Gasteiger partial charge on any atom is -0.497 e. The maximum absolute atomic E-state index is 11.8. The van der Waals surface area contributed by atoms with Crippen molar-refractivity contribution in [1.29, 1.82) is 0 Å². The summed E-state index contributed by atoms with van der Waals surface area (Å²) in [6.07, 6.45) is 2.84. The third-order valence-corrected chi connectivity index (χ3v) is 2.87. The van der Waals surface area contributed by atoms with Crippen LogP contribution in [0.5, 0.6) is 5.75 Å². The van der Waals surface area contributed by atoms with Crippen LogP contribution in [0.4, 0.5) is 11.4 Å². The molecule has 0 aliphatic carbocycles. The lowest BCUT2D eigenvalue weighted by Crippen LogP contribution is -2.07. The van der Waals surface area contributed by atoms with Crippen LogP contribution in [0.2, 0.25) is 0 Å². The SMILES string of the molecule is COc1ccc(NC(=O)/C=C/c2cccc([N+](=O)[O-])c2)cc1. The molecular weight excluding hydrogens is 284 g/mol. The summed E-state index contributed by atoms with van der Waals surface area (Å²) in [5, 5.41) is 13.4. The Kier molecular flexibility index (Phi) is 4.87. The van der Waals surface area contributed by atoms with Gasteiger partial charge in [-0.1, -0.05) is 12.1 Å². The zero-order valence-corrected chi connectivity index (χ0v) is 11.9. The number of hydrogen-bond acceptors (Lipinski definition) is 4. The van der Waals surface area contributed by atoms with Gasteiger partial charge in [-0.2, -0.15) is 0 Å². The fraction of sp³-hybridized carbons (Fsp3) is 0.0625. The summed E-state index contributed by atoms with van der Waals surface area (Å²) in [5.41, 5.74) is 1.20. The van der Waals surface area contributed by atoms with Gasteiger partial charge >= 0.3 is 0 Å². The van der Waals surface area contributed by atoms with E-state index >= 15 is 0 Å². The molecule has 2 rings (SSSR count). The molecule has 0 heterocycles. The number of rotatable bonds is 5. The zero-order valence-electron chi connectivity index (χ0n) is 11.9. The Morgan fingerprint density at radius 3 is 2.59 bits per heavy atom. The Morgan fingerprint density at radius 2 is 1.95 bits per heavy atom. The second-order valence-corrected chi connectivity index (χ2v) is 4.40. The van der Waals surface area contributed by atoms with Crippen molar-refractivity contribution in [2.24, 2.45) is 0 Å². The minimum atomic E-state index is -0.477. The third kappa shape index (κ3) is 4.17. The highest BCUT2D eigenvalue weighted by Gasteiger charge is 2.04. The van der Waals surface area contributed by atoms with Crippen LogP contribution in [0, 0.1) is 10.1 Å². The van der Waals surface area contributed by atoms with Gasteiger partial charge in [-0.25, -0.2) is 0 Å². The van der Waals surface area contributed by atoms with Crippen LogP contribution in [-0.2, 0) is 4.79 Å². The fourth-order valence-corrected chi connectivity index (χ4v) is 1.77. The quantitative estimate of drug-likeness (QED) is 0.522. The Morgan fingerprint density at radius 1 is 1.23 bits per heavy atom. The Balaban J connectivity index is 2.01. The second kappa shape index (κ2) is 7.03. The number of carbonyl (C=O) groups excluding carboxylic acids is 1. The Hall–Kier alpha value is -3.15. The van der Waals surface area contributed by atoms with Gasteiger partial charge < -0.3 is 10.1 Å². The van der Waals surface area contributed by atoms with Gasteiger partial charge in [0.15, 0.2) is 0 Å². The average Bonchev–Trinajstić information content (AvgIpc) is 2.54. The molecule has 0 saturated heterocycles. The van der Waals surface area contributed by atoms with Crippen LogP contribution in [-0.4, -0.2) is 17.9 Å². The lowest BCUT2D eigenvalue weighted by molar-refractivity contribution is -0.384. The molecule has 1 N–H and O–H groups in total. The van der Waals surface area contributed by atoms with E-state index in [0.29, 0.717) is 17.0 Å². The molecule has 112 valence electrons. The van der Waals surface area contributed by atoms with Gasteiger partial charge in [-0.3, -0.25) is 14.9 Å². The molecule has 1 amide bonds. The number of ether oxygens (including phenoxy) is 1. The van der Waals surface area contributed by atoms with Gasteiger partial charge in [-0.15, -0.1) is 0 Å². The first-order valence-corrected chi connectivity index (χ1v) is 6.46. The van der Waals surface area contributed by atoms with Crippen molar-refractivity contribution < 1.29 is 14.5 Å². The van der Waals surface area contributed by atoms with Crippen molar-refractivity contribution in [1.82, 2.24) is 0 Å². The average molecular weight is 298 g/mol. The van der Waals surface area contributed by atoms with Gasteiger partial charge in [-0.05, 0) is 35.9 Å². The summed E-state index contributed by atoms with van der Waals surface area (Å²) in [5.74, 6) is 0.377. The monoisotopic (exact) mass is 298 g/mol. The van der Waals surface area contributed by atoms with E-state index in [1.54, 1.807) is 43.5 Å². The van der Waals surface area contributed by atoms with Gasteiger partial charge in [0.05, 0.1) is 12.0 Å². The van der Waals surface area contributed by atoms with E-state index in [4.69, 9.17) is 4.74 Å². The molecule has 6 nitrogen and oxygen atoms in total. The molecule has 0 aliphatic rings. The molecule has 0 aromatic heterocycles. The highest BCUT2D eigenvalue weighted by molar-refractivity contribution is 6.01. The Bertz CT molecular complexity index is 708. The largest absolute Gasteiger partial charge is 0.497 e. The molecule has 0 saturated carbocycles. The third-order valence-electron chi connectivity index (χ3n) is 2.87. The molecule has 2 aromatic rings. The number of carbonyl (C=O) groups is 1. The van der Waals surface area contributed by atoms with E-state index in [0.717, 1.165) is 0 Å². The summed E-state index contributed by atoms with van der Waals surface area (Å²) in [6, 6.07) is 13.0. The first-order valence-electron chi connectivity index (χ1n) is 6.46. The van der Waals surface area contributed by atoms with Crippen LogP contribution in [0.3, 0.4) is 0 Å². The van der Waals surface area contributed by atoms with Crippen molar-refractivity contribution in [3.63, 3.8) is 0 Å². The molecule has 0 atom stereocenters. The van der Waals surface area contributed by atoms with Crippen LogP contribution in [0.25, 0.3) is 6.08 Å². The van der Waals surface area contributed by atoms with Crippen molar-refractivity contribution in [2.45, 2.75) is 0 Å². The van der Waals surface area contributed by atoms with E-state index in [9.17, 15) is 14.9 Å². The number of amides is 1. The van der Waals surface area contributed by atoms with Gasteiger partial charge in [0.25, 0.3) is 5.69 Å². The molecule has 0 radical (unpaired) electrons. The van der Waals surface area contributed by atoms with Crippen molar-refractivity contribution in [3.05, 3.63) is 70.3 Å². The Labute approximate surface area is 127 Å². The molecule has 2 aromatic carbocycles. The molecular formula is C16H14N2O4. The van der Waals surface area contributed by atoms with Crippen LogP contribution in [0.15, 0.2) is 54.6 Å². The van der Waals surface area contributed by atoms with E-state index in [1.807, 2.05) is 0 Å². The molecule has 6 heteroatoms. The molecule has 0 aliphatic heterocycles.